The van der Waals surface area contributed by atoms with Gasteiger partial charge in [-0.15, -0.1) is 0 Å². The molecule has 2 aliphatic rings. The first-order valence-electron chi connectivity index (χ1n) is 7.48. The fourth-order valence-corrected chi connectivity index (χ4v) is 3.52. The van der Waals surface area contributed by atoms with Crippen LogP contribution < -0.4 is 0 Å². The lowest BCUT2D eigenvalue weighted by Gasteiger charge is -2.33. The summed E-state index contributed by atoms with van der Waals surface area (Å²) in [5, 5.41) is 9.28. The van der Waals surface area contributed by atoms with E-state index in [4.69, 9.17) is 0 Å². The predicted octanol–water partition coefficient (Wildman–Crippen LogP) is 2.20. The van der Waals surface area contributed by atoms with E-state index in [1.165, 1.54) is 4.90 Å². The number of alkyl halides is 3. The van der Waals surface area contributed by atoms with Gasteiger partial charge in [-0.25, -0.2) is 4.79 Å². The highest BCUT2D eigenvalue weighted by molar-refractivity contribution is 5.84. The minimum atomic E-state index is -4.42. The Morgan fingerprint density at radius 2 is 1.91 bits per heavy atom. The van der Waals surface area contributed by atoms with Gasteiger partial charge in [-0.3, -0.25) is 4.79 Å². The summed E-state index contributed by atoms with van der Waals surface area (Å²) < 4.78 is 40.4. The van der Waals surface area contributed by atoms with Gasteiger partial charge >= 0.3 is 12.1 Å². The quantitative estimate of drug-likeness (QED) is 0.788. The number of halogens is 3. The zero-order valence-electron chi connectivity index (χ0n) is 12.1. The van der Waals surface area contributed by atoms with Crippen molar-refractivity contribution in [2.45, 2.75) is 56.8 Å². The van der Waals surface area contributed by atoms with Crippen LogP contribution in [0.15, 0.2) is 0 Å². The van der Waals surface area contributed by atoms with Crippen LogP contribution in [-0.4, -0.2) is 53.4 Å². The van der Waals surface area contributed by atoms with Crippen molar-refractivity contribution in [2.24, 2.45) is 5.92 Å². The number of ether oxygens (including phenoxy) is 1. The average molecular weight is 323 g/mol. The second-order valence-corrected chi connectivity index (χ2v) is 5.92. The Morgan fingerprint density at radius 1 is 1.23 bits per heavy atom. The Morgan fingerprint density at radius 3 is 2.55 bits per heavy atom. The number of carboxylic acids is 1. The molecule has 8 heteroatoms. The molecule has 1 saturated heterocycles. The van der Waals surface area contributed by atoms with Crippen molar-refractivity contribution >= 4 is 11.9 Å². The summed E-state index contributed by atoms with van der Waals surface area (Å²) >= 11 is 0. The van der Waals surface area contributed by atoms with Gasteiger partial charge in [0, 0.05) is 6.04 Å². The van der Waals surface area contributed by atoms with E-state index >= 15 is 0 Å². The number of carboxylic acid groups (broad SMARTS) is 1. The van der Waals surface area contributed by atoms with E-state index in [0.29, 0.717) is 6.42 Å². The predicted molar refractivity (Wildman–Crippen MR) is 70.1 cm³/mol. The number of hydrogen-bond donors (Lipinski definition) is 1. The maximum absolute atomic E-state index is 12.2. The first kappa shape index (κ1) is 17.1. The molecule has 1 amide bonds. The third-order valence-electron chi connectivity index (χ3n) is 4.39. The van der Waals surface area contributed by atoms with Gasteiger partial charge in [-0.05, 0) is 25.2 Å². The van der Waals surface area contributed by atoms with E-state index in [-0.39, 0.29) is 25.0 Å². The fraction of sp³-hybridized carbons (Fsp3) is 0.857. The molecule has 2 rings (SSSR count). The molecule has 0 spiro atoms. The number of nitrogens with zero attached hydrogens (tertiary/aromatic N) is 1. The van der Waals surface area contributed by atoms with Crippen molar-refractivity contribution < 1.29 is 32.6 Å². The van der Waals surface area contributed by atoms with E-state index in [0.717, 1.165) is 25.7 Å². The fourth-order valence-electron chi connectivity index (χ4n) is 3.52. The highest BCUT2D eigenvalue weighted by atomic mass is 19.4. The van der Waals surface area contributed by atoms with Crippen molar-refractivity contribution in [3.05, 3.63) is 0 Å². The molecule has 1 saturated carbocycles. The van der Waals surface area contributed by atoms with Gasteiger partial charge in [0.15, 0.2) is 0 Å². The number of rotatable bonds is 5. The Bertz CT molecular complexity index is 427. The number of likely N-dealkylation sites (tertiary alicyclic amines) is 1. The smallest absolute Gasteiger partial charge is 0.411 e. The van der Waals surface area contributed by atoms with Gasteiger partial charge < -0.3 is 14.7 Å². The van der Waals surface area contributed by atoms with E-state index in [9.17, 15) is 27.9 Å². The van der Waals surface area contributed by atoms with Crippen LogP contribution >= 0.6 is 0 Å². The standard InChI is InChI=1S/C14H20F3NO4/c15-14(16,17)8-22-6-5-12(19)18-10-4-2-1-3-9(10)7-11(18)13(20)21/h9-11H,1-8H2,(H,20,21)/t9-,10+,11-/m0/s1. The maximum atomic E-state index is 12.2. The Labute approximate surface area is 126 Å². The SMILES string of the molecule is O=C(O)[C@@H]1C[C@@H]2CCCC[C@H]2N1C(=O)CCOCC(F)(F)F. The van der Waals surface area contributed by atoms with Crippen LogP contribution in [0.25, 0.3) is 0 Å². The Balaban J connectivity index is 1.92. The van der Waals surface area contributed by atoms with Crippen molar-refractivity contribution in [1.82, 2.24) is 4.90 Å². The van der Waals surface area contributed by atoms with E-state index < -0.39 is 30.7 Å². The molecule has 0 aromatic carbocycles. The van der Waals surface area contributed by atoms with Crippen molar-refractivity contribution in [3.63, 3.8) is 0 Å². The molecule has 0 aromatic heterocycles. The summed E-state index contributed by atoms with van der Waals surface area (Å²) in [7, 11) is 0. The van der Waals surface area contributed by atoms with Crippen molar-refractivity contribution in [3.8, 4) is 0 Å². The monoisotopic (exact) mass is 323 g/mol. The summed E-state index contributed by atoms with van der Waals surface area (Å²) in [4.78, 5) is 25.0. The van der Waals surface area contributed by atoms with Crippen LogP contribution in [0.5, 0.6) is 0 Å². The van der Waals surface area contributed by atoms with Gasteiger partial charge in [0.05, 0.1) is 13.0 Å². The lowest BCUT2D eigenvalue weighted by Crippen LogP contribution is -2.46. The maximum Gasteiger partial charge on any atom is 0.411 e. The molecule has 0 radical (unpaired) electrons. The molecule has 0 aromatic rings. The molecule has 1 N–H and O–H groups in total. The van der Waals surface area contributed by atoms with Crippen molar-refractivity contribution in [2.75, 3.05) is 13.2 Å². The van der Waals surface area contributed by atoms with Gasteiger partial charge in [-0.1, -0.05) is 12.8 Å². The first-order valence-corrected chi connectivity index (χ1v) is 7.48. The van der Waals surface area contributed by atoms with Gasteiger partial charge in [0.2, 0.25) is 5.91 Å². The molecular formula is C14H20F3NO4. The lowest BCUT2D eigenvalue weighted by molar-refractivity contribution is -0.175. The van der Waals surface area contributed by atoms with Gasteiger partial charge in [-0.2, -0.15) is 13.2 Å². The zero-order chi connectivity index (χ0) is 16.3. The molecule has 1 aliphatic carbocycles. The van der Waals surface area contributed by atoms with Crippen LogP contribution in [0.4, 0.5) is 13.2 Å². The number of carbonyl (C=O) groups is 2. The summed E-state index contributed by atoms with van der Waals surface area (Å²) in [6.07, 6.45) is -0.550. The molecule has 22 heavy (non-hydrogen) atoms. The number of carbonyl (C=O) groups excluding carboxylic acids is 1. The highest BCUT2D eigenvalue weighted by Gasteiger charge is 2.47. The zero-order valence-corrected chi connectivity index (χ0v) is 12.1. The Kier molecular flexibility index (Phi) is 5.31. The normalized spacial score (nSPS) is 28.5. The number of fused-ring (bicyclic) bond motifs is 1. The summed E-state index contributed by atoms with van der Waals surface area (Å²) in [5.74, 6) is -1.28. The van der Waals surface area contributed by atoms with Crippen LogP contribution in [0.3, 0.4) is 0 Å². The second-order valence-electron chi connectivity index (χ2n) is 5.92. The minimum Gasteiger partial charge on any atom is -0.480 e. The number of hydrogen-bond acceptors (Lipinski definition) is 3. The lowest BCUT2D eigenvalue weighted by atomic mass is 9.84. The molecule has 0 bridgehead atoms. The van der Waals surface area contributed by atoms with Crippen LogP contribution in [0, 0.1) is 5.92 Å². The summed E-state index contributed by atoms with van der Waals surface area (Å²) in [6, 6.07) is -0.951. The average Bonchev–Trinajstić information content (AvgIpc) is 2.82. The van der Waals surface area contributed by atoms with E-state index in [1.807, 2.05) is 0 Å². The summed E-state index contributed by atoms with van der Waals surface area (Å²) in [5.41, 5.74) is 0. The molecule has 3 atom stereocenters. The van der Waals surface area contributed by atoms with Crippen molar-refractivity contribution in [1.29, 1.82) is 0 Å². The molecule has 5 nitrogen and oxygen atoms in total. The second kappa shape index (κ2) is 6.85. The topological polar surface area (TPSA) is 66.8 Å². The van der Waals surface area contributed by atoms with Gasteiger partial charge in [0.1, 0.15) is 12.6 Å². The summed E-state index contributed by atoms with van der Waals surface area (Å²) in [6.45, 7) is -1.74. The molecule has 2 fully saturated rings. The molecule has 1 heterocycles. The molecule has 1 aliphatic heterocycles. The van der Waals surface area contributed by atoms with Crippen LogP contribution in [-0.2, 0) is 14.3 Å². The van der Waals surface area contributed by atoms with Crippen LogP contribution in [0.1, 0.15) is 38.5 Å². The molecule has 0 unspecified atom stereocenters. The highest BCUT2D eigenvalue weighted by Crippen LogP contribution is 2.40. The number of amides is 1. The minimum absolute atomic E-state index is 0.0926. The largest absolute Gasteiger partial charge is 0.480 e. The Hall–Kier alpha value is -1.31. The van der Waals surface area contributed by atoms with Crippen LogP contribution in [0.2, 0.25) is 0 Å². The third kappa shape index (κ3) is 4.12. The van der Waals surface area contributed by atoms with E-state index in [1.54, 1.807) is 0 Å². The third-order valence-corrected chi connectivity index (χ3v) is 4.39. The molecule has 126 valence electrons. The first-order chi connectivity index (χ1) is 10.3. The molecular weight excluding hydrogens is 303 g/mol. The number of aliphatic carboxylic acids is 1. The van der Waals surface area contributed by atoms with Gasteiger partial charge in [0.25, 0.3) is 0 Å². The van der Waals surface area contributed by atoms with E-state index in [2.05, 4.69) is 4.74 Å².